The number of aliphatic hydroxyl groups is 1. The van der Waals surface area contributed by atoms with E-state index in [1.54, 1.807) is 55.6 Å². The summed E-state index contributed by atoms with van der Waals surface area (Å²) in [4.78, 5) is 65.0. The van der Waals surface area contributed by atoms with Crippen molar-refractivity contribution in [1.82, 2.24) is 25.5 Å². The third-order valence-electron chi connectivity index (χ3n) is 13.7. The van der Waals surface area contributed by atoms with Crippen LogP contribution in [0.1, 0.15) is 116 Å². The minimum atomic E-state index is -0.551. The van der Waals surface area contributed by atoms with Gasteiger partial charge in [0.2, 0.25) is 0 Å². The number of amides is 3. The van der Waals surface area contributed by atoms with Crippen molar-refractivity contribution in [3.63, 3.8) is 0 Å². The molecule has 0 saturated heterocycles. The van der Waals surface area contributed by atoms with Crippen molar-refractivity contribution < 1.29 is 57.9 Å². The molecular weight excluding hydrogens is 1410 g/mol. The highest BCUT2D eigenvalue weighted by atomic mass is 79.9. The molecule has 3 amide bonds. The third kappa shape index (κ3) is 33.6. The second-order valence-corrected chi connectivity index (χ2v) is 22.9. The summed E-state index contributed by atoms with van der Waals surface area (Å²) in [6.45, 7) is 11.0. The zero-order chi connectivity index (χ0) is 72.3. The van der Waals surface area contributed by atoms with Crippen LogP contribution >= 0.6 is 15.9 Å². The Morgan fingerprint density at radius 3 is 1.29 bits per heavy atom. The standard InChI is InChI=1S/C21H23N5O2.C20H26N2O3.C15H16N2O3.C8H8BrNO3.C8H9NO4.6CH4/c1-15-11-24-20(14-23-15)26-21(27)25-18-9-8-17(10-19(18)28-2)13-22-12-16-6-4-3-5-7-16;1-20(2,3)25-19(23)22(13-15-8-6-5-7-9-15)14-16-10-11-17(21)18(12-16)24-4;1-20-15-9-13(7-8-14(15)17(18)19)11-16-10-12-5-3-2-4-6-12;1-13-8-4-6(5-9)2-3-7(8)10(11)12;1-13-8-4-6(5-10)2-3-7(8)9(11)12;;;;;;/h3-11,14,22H,12-13H2,1-2H3,(H2,24,25,26,27);5-12H,13-14,21H2,1-4H3;2-9,16H,10-11H2,1H3;2-4H,5H2,1H3;2-4,10H,5H2,1H3;6*1H4. The number of nitrogens with one attached hydrogen (secondary N) is 4. The third-order valence-corrected chi connectivity index (χ3v) is 14.4. The number of hydrogen-bond acceptors (Lipinski definition) is 20. The largest absolute Gasteiger partial charge is 0.495 e. The summed E-state index contributed by atoms with van der Waals surface area (Å²) in [6, 6.07) is 54.8. The lowest BCUT2D eigenvalue weighted by Crippen LogP contribution is -2.36. The molecule has 26 nitrogen and oxygen atoms in total. The zero-order valence-electron chi connectivity index (χ0n) is 56.4. The number of hydrogen-bond donors (Lipinski definition) is 6. The van der Waals surface area contributed by atoms with Gasteiger partial charge in [-0.05, 0) is 121 Å². The second kappa shape index (κ2) is 50.2. The fourth-order valence-electron chi connectivity index (χ4n) is 8.87. The van der Waals surface area contributed by atoms with Crippen molar-refractivity contribution in [3.05, 3.63) is 275 Å². The van der Waals surface area contributed by atoms with E-state index in [0.717, 1.165) is 46.6 Å². The average molecular weight is 1520 g/mol. The van der Waals surface area contributed by atoms with Gasteiger partial charge in [-0.3, -0.25) is 45.5 Å². The molecule has 0 spiro atoms. The Bertz CT molecular complexity index is 3960. The molecule has 0 radical (unpaired) electrons. The fraction of sp³-hybridized carbons (Fsp3) is 0.308. The molecule has 0 atom stereocenters. The van der Waals surface area contributed by atoms with Gasteiger partial charge in [-0.25, -0.2) is 14.6 Å². The van der Waals surface area contributed by atoms with Gasteiger partial charge in [-0.2, -0.15) is 0 Å². The molecule has 7 N–H and O–H groups in total. The number of nitrogens with zero attached hydrogens (tertiary/aromatic N) is 6. The molecule has 0 aliphatic carbocycles. The number of anilines is 3. The van der Waals surface area contributed by atoms with E-state index in [4.69, 9.17) is 39.3 Å². The second-order valence-electron chi connectivity index (χ2n) is 22.3. The van der Waals surface area contributed by atoms with Crippen LogP contribution < -0.4 is 50.7 Å². The molecule has 1 heterocycles. The molecule has 9 rings (SSSR count). The van der Waals surface area contributed by atoms with Gasteiger partial charge in [0, 0.05) is 62.8 Å². The van der Waals surface area contributed by atoms with E-state index in [1.165, 1.54) is 69.0 Å². The number of nitro benzene ring substituents is 3. The lowest BCUT2D eigenvalue weighted by molar-refractivity contribution is -0.385. The topological polar surface area (TPSA) is 342 Å². The Hall–Kier alpha value is -11.3. The number of nitrogen functional groups attached to an aromatic ring is 1. The number of aliphatic hydroxyl groups excluding tert-OH is 1. The summed E-state index contributed by atoms with van der Waals surface area (Å²) < 4.78 is 31.0. The highest BCUT2D eigenvalue weighted by molar-refractivity contribution is 9.08. The van der Waals surface area contributed by atoms with Crippen molar-refractivity contribution in [1.29, 1.82) is 0 Å². The van der Waals surface area contributed by atoms with E-state index >= 15 is 0 Å². The van der Waals surface area contributed by atoms with Crippen LogP contribution in [-0.4, -0.2) is 88.0 Å². The summed E-state index contributed by atoms with van der Waals surface area (Å²) in [5.41, 5.74) is 15.0. The first-order chi connectivity index (χ1) is 47.5. The summed E-state index contributed by atoms with van der Waals surface area (Å²) in [5, 5.41) is 53.3. The number of carbonyl (C=O) groups is 2. The molecule has 0 fully saturated rings. The van der Waals surface area contributed by atoms with Crippen LogP contribution in [0.25, 0.3) is 0 Å². The molecule has 9 aromatic rings. The molecule has 105 heavy (non-hydrogen) atoms. The Kier molecular flexibility index (Phi) is 45.8. The molecular formula is C78H106BrN11O15. The lowest BCUT2D eigenvalue weighted by atomic mass is 10.1. The molecule has 0 unspecified atom stereocenters. The van der Waals surface area contributed by atoms with Gasteiger partial charge in [-0.15, -0.1) is 0 Å². The maximum Gasteiger partial charge on any atom is 0.410 e. The molecule has 570 valence electrons. The molecule has 1 aromatic heterocycles. The normalized spacial score (nSPS) is 9.74. The van der Waals surface area contributed by atoms with Crippen LogP contribution in [0.3, 0.4) is 0 Å². The Morgan fingerprint density at radius 2 is 0.867 bits per heavy atom. The van der Waals surface area contributed by atoms with E-state index in [0.29, 0.717) is 71.5 Å². The van der Waals surface area contributed by atoms with Crippen LogP contribution in [-0.2, 0) is 55.9 Å². The molecule has 0 aliphatic heterocycles. The number of carbonyl (C=O) groups excluding carboxylic acids is 2. The summed E-state index contributed by atoms with van der Waals surface area (Å²) >= 11 is 3.26. The van der Waals surface area contributed by atoms with Gasteiger partial charge in [0.25, 0.3) is 0 Å². The van der Waals surface area contributed by atoms with E-state index in [1.807, 2.05) is 137 Å². The number of methoxy groups -OCH3 is 5. The van der Waals surface area contributed by atoms with Gasteiger partial charge in [0.1, 0.15) is 17.1 Å². The predicted octanol–water partition coefficient (Wildman–Crippen LogP) is 18.2. The summed E-state index contributed by atoms with van der Waals surface area (Å²) in [5.74, 6) is 2.31. The number of aryl methyl sites for hydroxylation is 1. The van der Waals surface area contributed by atoms with Crippen LogP contribution in [0, 0.1) is 37.3 Å². The number of urea groups is 1. The van der Waals surface area contributed by atoms with Gasteiger partial charge >= 0.3 is 29.2 Å². The lowest BCUT2D eigenvalue weighted by Gasteiger charge is -2.27. The van der Waals surface area contributed by atoms with Gasteiger partial charge in [0.15, 0.2) is 23.1 Å². The van der Waals surface area contributed by atoms with E-state index in [-0.39, 0.29) is 85.8 Å². The first kappa shape index (κ1) is 95.8. The Labute approximate surface area is 627 Å². The van der Waals surface area contributed by atoms with Crippen molar-refractivity contribution >= 4 is 62.3 Å². The van der Waals surface area contributed by atoms with Crippen LogP contribution in [0.15, 0.2) is 194 Å². The van der Waals surface area contributed by atoms with Crippen LogP contribution in [0.5, 0.6) is 28.7 Å². The van der Waals surface area contributed by atoms with Crippen LogP contribution in [0.2, 0.25) is 0 Å². The monoisotopic (exact) mass is 1520 g/mol. The van der Waals surface area contributed by atoms with E-state index in [2.05, 4.69) is 59.3 Å². The van der Waals surface area contributed by atoms with Crippen molar-refractivity contribution in [2.45, 2.75) is 129 Å². The molecule has 8 aromatic carbocycles. The van der Waals surface area contributed by atoms with E-state index < -0.39 is 26.4 Å². The number of ether oxygens (including phenoxy) is 6. The van der Waals surface area contributed by atoms with Crippen molar-refractivity contribution in [2.24, 2.45) is 0 Å². The van der Waals surface area contributed by atoms with Gasteiger partial charge < -0.3 is 55.2 Å². The fourth-order valence-corrected chi connectivity index (χ4v) is 9.22. The molecule has 0 bridgehead atoms. The Morgan fingerprint density at radius 1 is 0.486 bits per heavy atom. The minimum absolute atomic E-state index is 0. The van der Waals surface area contributed by atoms with Gasteiger partial charge in [0.05, 0.1) is 86.4 Å². The smallest absolute Gasteiger partial charge is 0.410 e. The summed E-state index contributed by atoms with van der Waals surface area (Å²) in [7, 11) is 7.35. The number of halogens is 1. The maximum atomic E-state index is 12.6. The minimum Gasteiger partial charge on any atom is -0.495 e. The molecule has 0 saturated carbocycles. The molecule has 27 heteroatoms. The van der Waals surface area contributed by atoms with E-state index in [9.17, 15) is 39.9 Å². The molecule has 0 aliphatic rings. The van der Waals surface area contributed by atoms with Crippen LogP contribution in [0.4, 0.5) is 43.8 Å². The highest BCUT2D eigenvalue weighted by Gasteiger charge is 2.24. The SMILES string of the molecule is C.C.C.C.C.C.COc1cc(CBr)ccc1[N+](=O)[O-].COc1cc(CN(Cc2ccccc2)C(=O)OC(C)(C)C)ccc1N.COc1cc(CNCc2ccccc2)ccc1NC(=O)Nc1cnc(C)cn1.COc1cc(CNCc2ccccc2)ccc1[N+](=O)[O-].COc1cc(CO)ccc1[N+](=O)[O-]. The maximum absolute atomic E-state index is 12.6. The van der Waals surface area contributed by atoms with Crippen molar-refractivity contribution in [3.8, 4) is 28.7 Å². The number of benzene rings is 8. The summed E-state index contributed by atoms with van der Waals surface area (Å²) in [6.07, 6.45) is 2.74. The number of alkyl halides is 1. The highest BCUT2D eigenvalue weighted by Crippen LogP contribution is 2.31. The first-order valence-corrected chi connectivity index (χ1v) is 31.7. The number of nitrogens with two attached hydrogens (primary N) is 1. The number of aromatic nitrogens is 2. The van der Waals surface area contributed by atoms with Gasteiger partial charge in [-0.1, -0.05) is 176 Å². The first-order valence-electron chi connectivity index (χ1n) is 30.6. The average Bonchev–Trinajstić information content (AvgIpc) is 0.917. The van der Waals surface area contributed by atoms with Crippen molar-refractivity contribution in [2.75, 3.05) is 51.9 Å². The predicted molar refractivity (Wildman–Crippen MR) is 424 cm³/mol. The zero-order valence-corrected chi connectivity index (χ0v) is 58.0. The number of rotatable bonds is 24. The Balaban J connectivity index is 0. The quantitative estimate of drug-likeness (QED) is 0.0142. The number of nitro groups is 3.